The number of carbonyl (C=O) groups is 2. The van der Waals surface area contributed by atoms with E-state index < -0.39 is 36.7 Å². The van der Waals surface area contributed by atoms with Crippen molar-refractivity contribution in [3.05, 3.63) is 24.3 Å². The van der Waals surface area contributed by atoms with Gasteiger partial charge in [0.2, 0.25) is 11.8 Å². The van der Waals surface area contributed by atoms with Crippen LogP contribution in [0.5, 0.6) is 0 Å². The van der Waals surface area contributed by atoms with Crippen molar-refractivity contribution < 1.29 is 26.4 Å². The van der Waals surface area contributed by atoms with Crippen molar-refractivity contribution in [1.29, 1.82) is 0 Å². The number of amides is 2. The van der Waals surface area contributed by atoms with Crippen LogP contribution in [0.4, 0.5) is 5.69 Å². The number of nitrogens with zero attached hydrogens (tertiary/aromatic N) is 2. The monoisotopic (exact) mass is 443 g/mol. The Morgan fingerprint density at radius 2 is 1.59 bits per heavy atom. The Kier molecular flexibility index (Phi) is 6.02. The van der Waals surface area contributed by atoms with Gasteiger partial charge in [0.25, 0.3) is 0 Å². The third kappa shape index (κ3) is 4.78. The fourth-order valence-electron chi connectivity index (χ4n) is 3.91. The van der Waals surface area contributed by atoms with Gasteiger partial charge in [0.1, 0.15) is 0 Å². The summed E-state index contributed by atoms with van der Waals surface area (Å²) in [5, 5.41) is 1.50. The first-order valence-corrected chi connectivity index (χ1v) is 12.7. The maximum atomic E-state index is 13.2. The largest absolute Gasteiger partial charge is 0.340 e. The van der Waals surface area contributed by atoms with E-state index in [0.717, 1.165) is 0 Å². The lowest BCUT2D eigenvalue weighted by Gasteiger charge is -2.39. The molecule has 2 atom stereocenters. The molecule has 9 nitrogen and oxygen atoms in total. The summed E-state index contributed by atoms with van der Waals surface area (Å²) in [6.07, 6.45) is 0. The molecule has 0 aromatic heterocycles. The second-order valence-electron chi connectivity index (χ2n) is 7.48. The molecule has 0 spiro atoms. The Bertz CT molecular complexity index is 997. The molecule has 160 valence electrons. The van der Waals surface area contributed by atoms with E-state index in [2.05, 4.69) is 5.32 Å². The zero-order valence-corrected chi connectivity index (χ0v) is 18.0. The summed E-state index contributed by atoms with van der Waals surface area (Å²) in [5.41, 5.74) is 0.465. The summed E-state index contributed by atoms with van der Waals surface area (Å²) in [6.45, 7) is 4.60. The summed E-state index contributed by atoms with van der Waals surface area (Å²) in [4.78, 5) is 26.2. The van der Waals surface area contributed by atoms with Crippen molar-refractivity contribution in [2.24, 2.45) is 0 Å². The van der Waals surface area contributed by atoms with Crippen molar-refractivity contribution in [2.45, 2.75) is 30.0 Å². The lowest BCUT2D eigenvalue weighted by Crippen LogP contribution is -2.55. The van der Waals surface area contributed by atoms with Crippen LogP contribution < -0.4 is 5.32 Å². The van der Waals surface area contributed by atoms with Gasteiger partial charge in [-0.25, -0.2) is 16.8 Å². The lowest BCUT2D eigenvalue weighted by molar-refractivity contribution is -0.130. The Balaban J connectivity index is 1.84. The lowest BCUT2D eigenvalue weighted by atomic mass is 10.2. The van der Waals surface area contributed by atoms with Crippen LogP contribution in [0.25, 0.3) is 0 Å². The molecule has 11 heteroatoms. The van der Waals surface area contributed by atoms with E-state index in [-0.39, 0.29) is 22.5 Å². The molecule has 2 heterocycles. The van der Waals surface area contributed by atoms with Gasteiger partial charge in [-0.1, -0.05) is 0 Å². The van der Waals surface area contributed by atoms with Crippen LogP contribution in [0, 0.1) is 0 Å². The highest BCUT2D eigenvalue weighted by atomic mass is 32.2. The molecule has 0 bridgehead atoms. The van der Waals surface area contributed by atoms with Gasteiger partial charge in [0.05, 0.1) is 21.7 Å². The predicted octanol–water partition coefficient (Wildman–Crippen LogP) is -0.252. The first kappa shape index (κ1) is 21.7. The van der Waals surface area contributed by atoms with E-state index in [1.54, 1.807) is 4.90 Å². The normalized spacial score (nSPS) is 25.0. The van der Waals surface area contributed by atoms with Crippen LogP contribution >= 0.6 is 0 Å². The molecule has 3 rings (SSSR count). The highest BCUT2D eigenvalue weighted by molar-refractivity contribution is 7.96. The molecular weight excluding hydrogens is 418 g/mol. The van der Waals surface area contributed by atoms with Crippen LogP contribution in [-0.2, 0) is 29.3 Å². The van der Waals surface area contributed by atoms with E-state index in [1.165, 1.54) is 38.1 Å². The Morgan fingerprint density at radius 1 is 1.00 bits per heavy atom. The number of hydrogen-bond donors (Lipinski definition) is 1. The molecule has 0 saturated carbocycles. The predicted molar refractivity (Wildman–Crippen MR) is 108 cm³/mol. The summed E-state index contributed by atoms with van der Waals surface area (Å²) in [5.74, 6) is -0.944. The number of hydrogen-bond acceptors (Lipinski definition) is 7. The van der Waals surface area contributed by atoms with Gasteiger partial charge in [-0.05, 0) is 24.3 Å². The minimum Gasteiger partial charge on any atom is -0.340 e. The zero-order chi connectivity index (χ0) is 21.4. The van der Waals surface area contributed by atoms with E-state index in [4.69, 9.17) is 0 Å². The number of carbonyl (C=O) groups excluding carboxylic acids is 2. The average molecular weight is 444 g/mol. The van der Waals surface area contributed by atoms with Gasteiger partial charge in [0, 0.05) is 51.8 Å². The van der Waals surface area contributed by atoms with Crippen LogP contribution in [-0.4, -0.2) is 87.4 Å². The third-order valence-corrected chi connectivity index (χ3v) is 9.54. The van der Waals surface area contributed by atoms with Crippen LogP contribution in [0.1, 0.15) is 13.8 Å². The molecule has 29 heavy (non-hydrogen) atoms. The first-order valence-electron chi connectivity index (χ1n) is 9.31. The zero-order valence-electron chi connectivity index (χ0n) is 16.4. The maximum Gasteiger partial charge on any atom is 0.221 e. The minimum atomic E-state index is -3.90. The fraction of sp³-hybridized carbons (Fsp3) is 0.556. The van der Waals surface area contributed by atoms with Gasteiger partial charge >= 0.3 is 0 Å². The number of piperazine rings is 1. The number of rotatable bonds is 4. The SMILES string of the molecule is CC(=O)Nc1ccc(S(=O)(=O)[C@H]2CS(=O)(=O)C[C@@H]2N2CCN(C(C)=O)CC2)cc1. The van der Waals surface area contributed by atoms with Gasteiger partial charge in [0.15, 0.2) is 19.7 Å². The van der Waals surface area contributed by atoms with Crippen molar-refractivity contribution in [2.75, 3.05) is 43.0 Å². The van der Waals surface area contributed by atoms with Crippen molar-refractivity contribution in [3.63, 3.8) is 0 Å². The summed E-state index contributed by atoms with van der Waals surface area (Å²) in [7, 11) is -7.39. The second kappa shape index (κ2) is 8.04. The van der Waals surface area contributed by atoms with Crippen molar-refractivity contribution in [3.8, 4) is 0 Å². The fourth-order valence-corrected chi connectivity index (χ4v) is 8.74. The van der Waals surface area contributed by atoms with Gasteiger partial charge < -0.3 is 10.2 Å². The Morgan fingerprint density at radius 3 is 2.10 bits per heavy atom. The minimum absolute atomic E-state index is 0.0288. The molecule has 2 fully saturated rings. The summed E-state index contributed by atoms with van der Waals surface area (Å²) >= 11 is 0. The molecule has 1 N–H and O–H groups in total. The maximum absolute atomic E-state index is 13.2. The average Bonchev–Trinajstić information content (AvgIpc) is 2.98. The van der Waals surface area contributed by atoms with Gasteiger partial charge in [-0.2, -0.15) is 0 Å². The molecule has 2 aliphatic heterocycles. The molecule has 2 saturated heterocycles. The quantitative estimate of drug-likeness (QED) is 0.681. The van der Waals surface area contributed by atoms with Gasteiger partial charge in [-0.3, -0.25) is 14.5 Å². The summed E-state index contributed by atoms with van der Waals surface area (Å²) in [6, 6.07) is 5.10. The van der Waals surface area contributed by atoms with Crippen LogP contribution in [0.3, 0.4) is 0 Å². The number of benzene rings is 1. The van der Waals surface area contributed by atoms with E-state index in [1.807, 2.05) is 4.90 Å². The molecule has 2 amide bonds. The van der Waals surface area contributed by atoms with Crippen molar-refractivity contribution in [1.82, 2.24) is 9.80 Å². The number of anilines is 1. The molecule has 2 aliphatic rings. The van der Waals surface area contributed by atoms with Crippen LogP contribution in [0.15, 0.2) is 29.2 Å². The standard InChI is InChI=1S/C18H25N3O6S2/c1-13(22)19-15-3-5-16(6-4-15)29(26,27)18-12-28(24,25)11-17(18)21-9-7-20(8-10-21)14(2)23/h3-6,17-18H,7-12H2,1-2H3,(H,19,22)/t17-,18-/m0/s1. The number of sulfone groups is 2. The van der Waals surface area contributed by atoms with E-state index in [9.17, 15) is 26.4 Å². The first-order chi connectivity index (χ1) is 13.5. The smallest absolute Gasteiger partial charge is 0.221 e. The molecule has 0 aliphatic carbocycles. The second-order valence-corrected chi connectivity index (χ2v) is 11.8. The summed E-state index contributed by atoms with van der Waals surface area (Å²) < 4.78 is 51.1. The molecular formula is C18H25N3O6S2. The Labute approximate surface area is 170 Å². The van der Waals surface area contributed by atoms with Crippen molar-refractivity contribution >= 4 is 37.2 Å². The molecule has 1 aromatic carbocycles. The topological polar surface area (TPSA) is 121 Å². The molecule has 0 unspecified atom stereocenters. The van der Waals surface area contributed by atoms with E-state index >= 15 is 0 Å². The highest BCUT2D eigenvalue weighted by Gasteiger charge is 2.48. The van der Waals surface area contributed by atoms with Gasteiger partial charge in [-0.15, -0.1) is 0 Å². The highest BCUT2D eigenvalue weighted by Crippen LogP contribution is 2.30. The number of nitrogens with one attached hydrogen (secondary N) is 1. The Hall–Kier alpha value is -1.98. The third-order valence-electron chi connectivity index (χ3n) is 5.40. The molecule has 0 radical (unpaired) electrons. The molecule has 1 aromatic rings. The van der Waals surface area contributed by atoms with E-state index in [0.29, 0.717) is 31.9 Å². The van der Waals surface area contributed by atoms with Crippen LogP contribution in [0.2, 0.25) is 0 Å².